The Balaban J connectivity index is 1.80. The number of pyridine rings is 1. The molecule has 28 heavy (non-hydrogen) atoms. The van der Waals surface area contributed by atoms with Crippen molar-refractivity contribution in [2.75, 3.05) is 7.11 Å². The van der Waals surface area contributed by atoms with E-state index in [1.807, 2.05) is 30.3 Å². The van der Waals surface area contributed by atoms with E-state index < -0.39 is 11.5 Å². The van der Waals surface area contributed by atoms with Gasteiger partial charge in [-0.15, -0.1) is 0 Å². The van der Waals surface area contributed by atoms with E-state index in [1.165, 1.54) is 17.9 Å². The maximum Gasteiger partial charge on any atom is 0.343 e. The van der Waals surface area contributed by atoms with E-state index >= 15 is 0 Å². The van der Waals surface area contributed by atoms with Crippen molar-refractivity contribution in [3.63, 3.8) is 0 Å². The highest BCUT2D eigenvalue weighted by Crippen LogP contribution is 2.29. The lowest BCUT2D eigenvalue weighted by Crippen LogP contribution is -2.21. The molecule has 0 bridgehead atoms. The first-order chi connectivity index (χ1) is 13.7. The lowest BCUT2D eigenvalue weighted by atomic mass is 9.92. The molecule has 138 valence electrons. The molecule has 1 heterocycles. The molecule has 1 N–H and O–H groups in total. The predicted molar refractivity (Wildman–Crippen MR) is 111 cm³/mol. The number of H-pyrrole nitrogens is 1. The Hall–Kier alpha value is -3.66. The van der Waals surface area contributed by atoms with E-state index in [4.69, 9.17) is 4.74 Å². The summed E-state index contributed by atoms with van der Waals surface area (Å²) in [6.45, 7) is 0. The standard InChI is InChI=1S/C24H19NO3/c1-28-24(27)22-20(12-13-25-23(22)26)15-18-8-4-5-9-21(18)19-11-10-16-6-2-3-7-17(16)14-19/h2-14H,15H2,1H3,(H,25,26). The van der Waals surface area contributed by atoms with Crippen LogP contribution in [-0.2, 0) is 11.2 Å². The van der Waals surface area contributed by atoms with E-state index in [2.05, 4.69) is 41.4 Å². The van der Waals surface area contributed by atoms with E-state index in [-0.39, 0.29) is 5.56 Å². The van der Waals surface area contributed by atoms with Gasteiger partial charge >= 0.3 is 5.97 Å². The maximum atomic E-state index is 12.2. The van der Waals surface area contributed by atoms with Crippen LogP contribution in [0.3, 0.4) is 0 Å². The quantitative estimate of drug-likeness (QED) is 0.536. The average Bonchev–Trinajstić information content (AvgIpc) is 2.73. The molecule has 0 saturated heterocycles. The SMILES string of the molecule is COC(=O)c1c(Cc2ccccc2-c2ccc3ccccc3c2)cc[nH]c1=O. The number of methoxy groups -OCH3 is 1. The monoisotopic (exact) mass is 369 g/mol. The molecule has 0 atom stereocenters. The molecule has 4 heteroatoms. The fourth-order valence-electron chi connectivity index (χ4n) is 3.51. The highest BCUT2D eigenvalue weighted by molar-refractivity contribution is 5.91. The number of rotatable bonds is 4. The van der Waals surface area contributed by atoms with Crippen LogP contribution in [0.4, 0.5) is 0 Å². The maximum absolute atomic E-state index is 12.2. The van der Waals surface area contributed by atoms with Crippen LogP contribution in [0.2, 0.25) is 0 Å². The minimum Gasteiger partial charge on any atom is -0.465 e. The molecule has 0 radical (unpaired) electrons. The number of fused-ring (bicyclic) bond motifs is 1. The number of carbonyl (C=O) groups is 1. The second-order valence-corrected chi connectivity index (χ2v) is 6.59. The Kier molecular flexibility index (Phi) is 4.77. The Morgan fingerprint density at radius 3 is 2.46 bits per heavy atom. The van der Waals surface area contributed by atoms with Crippen LogP contribution in [0.5, 0.6) is 0 Å². The highest BCUT2D eigenvalue weighted by Gasteiger charge is 2.17. The molecule has 0 saturated carbocycles. The van der Waals surface area contributed by atoms with Crippen LogP contribution in [0.15, 0.2) is 83.8 Å². The summed E-state index contributed by atoms with van der Waals surface area (Å²) < 4.78 is 4.80. The van der Waals surface area contributed by atoms with Gasteiger partial charge in [-0.3, -0.25) is 4.79 Å². The van der Waals surface area contributed by atoms with Gasteiger partial charge in [0.25, 0.3) is 5.56 Å². The van der Waals surface area contributed by atoms with Crippen LogP contribution >= 0.6 is 0 Å². The summed E-state index contributed by atoms with van der Waals surface area (Å²) in [6, 6.07) is 24.4. The second kappa shape index (κ2) is 7.53. The first-order valence-electron chi connectivity index (χ1n) is 9.03. The van der Waals surface area contributed by atoms with Crippen molar-refractivity contribution < 1.29 is 9.53 Å². The number of aromatic amines is 1. The number of nitrogens with one attached hydrogen (secondary N) is 1. The number of carbonyl (C=O) groups excluding carboxylic acids is 1. The summed E-state index contributed by atoms with van der Waals surface area (Å²) in [7, 11) is 1.28. The molecule has 0 spiro atoms. The van der Waals surface area contributed by atoms with Crippen molar-refractivity contribution in [2.45, 2.75) is 6.42 Å². The van der Waals surface area contributed by atoms with E-state index in [9.17, 15) is 9.59 Å². The molecule has 0 aliphatic heterocycles. The van der Waals surface area contributed by atoms with Gasteiger partial charge in [-0.05, 0) is 51.6 Å². The van der Waals surface area contributed by atoms with Gasteiger partial charge in [0, 0.05) is 6.20 Å². The third-order valence-corrected chi connectivity index (χ3v) is 4.90. The summed E-state index contributed by atoms with van der Waals surface area (Å²) >= 11 is 0. The molecule has 4 aromatic rings. The topological polar surface area (TPSA) is 59.2 Å². The predicted octanol–water partition coefficient (Wildman–Crippen LogP) is 4.57. The summed E-state index contributed by atoms with van der Waals surface area (Å²) in [5.74, 6) is -0.625. The van der Waals surface area contributed by atoms with Crippen LogP contribution < -0.4 is 5.56 Å². The van der Waals surface area contributed by atoms with Gasteiger partial charge in [-0.1, -0.05) is 60.7 Å². The van der Waals surface area contributed by atoms with Gasteiger partial charge in [-0.25, -0.2) is 4.79 Å². The summed E-state index contributed by atoms with van der Waals surface area (Å²) in [4.78, 5) is 26.8. The largest absolute Gasteiger partial charge is 0.465 e. The molecule has 0 aliphatic carbocycles. The third-order valence-electron chi connectivity index (χ3n) is 4.90. The van der Waals surface area contributed by atoms with Crippen LogP contribution in [0.25, 0.3) is 21.9 Å². The fraction of sp³-hybridized carbons (Fsp3) is 0.0833. The van der Waals surface area contributed by atoms with E-state index in [0.29, 0.717) is 12.0 Å². The van der Waals surface area contributed by atoms with Crippen molar-refractivity contribution in [1.29, 1.82) is 0 Å². The molecule has 1 aromatic heterocycles. The molecule has 0 fully saturated rings. The van der Waals surface area contributed by atoms with Crippen molar-refractivity contribution in [2.24, 2.45) is 0 Å². The zero-order valence-corrected chi connectivity index (χ0v) is 15.4. The van der Waals surface area contributed by atoms with Crippen molar-refractivity contribution in [3.05, 3.63) is 106 Å². The molecule has 3 aromatic carbocycles. The molecule has 0 aliphatic rings. The van der Waals surface area contributed by atoms with Crippen LogP contribution in [-0.4, -0.2) is 18.1 Å². The van der Waals surface area contributed by atoms with Crippen LogP contribution in [0.1, 0.15) is 21.5 Å². The first kappa shape index (κ1) is 17.7. The number of hydrogen-bond acceptors (Lipinski definition) is 3. The summed E-state index contributed by atoms with van der Waals surface area (Å²) in [5, 5.41) is 2.35. The molecule has 0 unspecified atom stereocenters. The first-order valence-corrected chi connectivity index (χ1v) is 9.03. The van der Waals surface area contributed by atoms with Gasteiger partial charge in [0.15, 0.2) is 0 Å². The van der Waals surface area contributed by atoms with Crippen LogP contribution in [0, 0.1) is 0 Å². The van der Waals surface area contributed by atoms with E-state index in [1.54, 1.807) is 12.3 Å². The van der Waals surface area contributed by atoms with Crippen molar-refractivity contribution in [3.8, 4) is 11.1 Å². The third kappa shape index (κ3) is 3.32. The zero-order valence-electron chi connectivity index (χ0n) is 15.4. The smallest absolute Gasteiger partial charge is 0.343 e. The Bertz CT molecular complexity index is 1220. The highest BCUT2D eigenvalue weighted by atomic mass is 16.5. The average molecular weight is 369 g/mol. The lowest BCUT2D eigenvalue weighted by molar-refractivity contribution is 0.0597. The Morgan fingerprint density at radius 1 is 0.893 bits per heavy atom. The minimum atomic E-state index is -0.625. The summed E-state index contributed by atoms with van der Waals surface area (Å²) in [6.07, 6.45) is 2.01. The number of benzene rings is 3. The summed E-state index contributed by atoms with van der Waals surface area (Å²) in [5.41, 5.74) is 3.46. The second-order valence-electron chi connectivity index (χ2n) is 6.59. The number of ether oxygens (including phenoxy) is 1. The number of esters is 1. The van der Waals surface area contributed by atoms with E-state index in [0.717, 1.165) is 16.7 Å². The van der Waals surface area contributed by atoms with Gasteiger partial charge in [0.1, 0.15) is 5.56 Å². The normalized spacial score (nSPS) is 10.8. The van der Waals surface area contributed by atoms with Crippen molar-refractivity contribution >= 4 is 16.7 Å². The van der Waals surface area contributed by atoms with Gasteiger partial charge in [-0.2, -0.15) is 0 Å². The molecular weight excluding hydrogens is 350 g/mol. The lowest BCUT2D eigenvalue weighted by Gasteiger charge is -2.12. The Labute approximate surface area is 162 Å². The molecule has 4 rings (SSSR count). The molecule has 0 amide bonds. The van der Waals surface area contributed by atoms with Crippen molar-refractivity contribution in [1.82, 2.24) is 4.98 Å². The number of aromatic nitrogens is 1. The Morgan fingerprint density at radius 2 is 1.64 bits per heavy atom. The number of hydrogen-bond donors (Lipinski definition) is 1. The van der Waals surface area contributed by atoms with Gasteiger partial charge in [0.2, 0.25) is 0 Å². The molecular formula is C24H19NO3. The van der Waals surface area contributed by atoms with Gasteiger partial charge in [0.05, 0.1) is 7.11 Å². The minimum absolute atomic E-state index is 0.0540. The zero-order chi connectivity index (χ0) is 19.5. The van der Waals surface area contributed by atoms with Gasteiger partial charge < -0.3 is 9.72 Å². The fourth-order valence-corrected chi connectivity index (χ4v) is 3.51. The molecule has 4 nitrogen and oxygen atoms in total.